The largest absolute Gasteiger partial charge is 0.481 e. The van der Waals surface area contributed by atoms with E-state index in [1.165, 1.54) is 5.56 Å². The van der Waals surface area contributed by atoms with Crippen LogP contribution in [0.4, 0.5) is 5.69 Å². The van der Waals surface area contributed by atoms with Crippen molar-refractivity contribution in [3.8, 4) is 0 Å². The second-order valence-corrected chi connectivity index (χ2v) is 5.07. The Morgan fingerprint density at radius 2 is 1.82 bits per heavy atom. The maximum absolute atomic E-state index is 11.1. The van der Waals surface area contributed by atoms with Crippen LogP contribution in [0.5, 0.6) is 0 Å². The predicted molar refractivity (Wildman–Crippen MR) is 70.5 cm³/mol. The Morgan fingerprint density at radius 1 is 1.29 bits per heavy atom. The van der Waals surface area contributed by atoms with E-state index in [2.05, 4.69) is 19.1 Å². The summed E-state index contributed by atoms with van der Waals surface area (Å²) in [5.41, 5.74) is 1.61. The van der Waals surface area contributed by atoms with Crippen LogP contribution in [0.2, 0.25) is 0 Å². The van der Waals surface area contributed by atoms with Gasteiger partial charge in [-0.15, -0.1) is 0 Å². The summed E-state index contributed by atoms with van der Waals surface area (Å²) in [6.45, 7) is 6.10. The van der Waals surface area contributed by atoms with Crippen molar-refractivity contribution in [2.24, 2.45) is 5.41 Å². The highest BCUT2D eigenvalue weighted by Gasteiger charge is 2.28. The van der Waals surface area contributed by atoms with Gasteiger partial charge in [0.05, 0.1) is 5.41 Å². The van der Waals surface area contributed by atoms with Crippen LogP contribution in [-0.2, 0) is 11.2 Å². The first-order chi connectivity index (χ1) is 7.86. The Morgan fingerprint density at radius 3 is 2.24 bits per heavy atom. The summed E-state index contributed by atoms with van der Waals surface area (Å²) in [6, 6.07) is 8.24. The van der Waals surface area contributed by atoms with Gasteiger partial charge in [-0.3, -0.25) is 4.79 Å². The molecule has 0 aliphatic rings. The minimum atomic E-state index is -0.769. The fourth-order valence-corrected chi connectivity index (χ4v) is 1.74. The van der Waals surface area contributed by atoms with Crippen LogP contribution in [-0.4, -0.2) is 24.7 Å². The van der Waals surface area contributed by atoms with E-state index < -0.39 is 11.4 Å². The SMILES string of the molecule is CCc1ccc(N(C)CC(C)(C)C(=O)O)cc1. The lowest BCUT2D eigenvalue weighted by atomic mass is 9.93. The van der Waals surface area contributed by atoms with Crippen LogP contribution in [0.25, 0.3) is 0 Å². The Kier molecular flexibility index (Phi) is 4.16. The van der Waals surface area contributed by atoms with E-state index in [-0.39, 0.29) is 0 Å². The van der Waals surface area contributed by atoms with Crippen molar-refractivity contribution in [3.63, 3.8) is 0 Å². The normalized spacial score (nSPS) is 11.3. The Balaban J connectivity index is 2.76. The van der Waals surface area contributed by atoms with Gasteiger partial charge in [-0.25, -0.2) is 0 Å². The number of carboxylic acid groups (broad SMARTS) is 1. The van der Waals surface area contributed by atoms with Gasteiger partial charge in [-0.05, 0) is 38.0 Å². The smallest absolute Gasteiger partial charge is 0.310 e. The van der Waals surface area contributed by atoms with Crippen LogP contribution in [0.1, 0.15) is 26.3 Å². The van der Waals surface area contributed by atoms with E-state index in [0.717, 1.165) is 12.1 Å². The van der Waals surface area contributed by atoms with E-state index in [9.17, 15) is 4.79 Å². The lowest BCUT2D eigenvalue weighted by Crippen LogP contribution is -2.37. The third-order valence-corrected chi connectivity index (χ3v) is 3.00. The van der Waals surface area contributed by atoms with E-state index in [1.807, 2.05) is 24.1 Å². The van der Waals surface area contributed by atoms with Crippen molar-refractivity contribution in [2.75, 3.05) is 18.5 Å². The molecule has 0 unspecified atom stereocenters. The van der Waals surface area contributed by atoms with Crippen molar-refractivity contribution < 1.29 is 9.90 Å². The third kappa shape index (κ3) is 3.48. The van der Waals surface area contributed by atoms with Gasteiger partial charge in [0.25, 0.3) is 0 Å². The van der Waals surface area contributed by atoms with Gasteiger partial charge in [-0.1, -0.05) is 19.1 Å². The molecule has 0 spiro atoms. The summed E-state index contributed by atoms with van der Waals surface area (Å²) in [5, 5.41) is 9.09. The minimum absolute atomic E-state index is 0.494. The van der Waals surface area contributed by atoms with Gasteiger partial charge in [0.1, 0.15) is 0 Å². The van der Waals surface area contributed by atoms with Gasteiger partial charge in [0, 0.05) is 19.3 Å². The van der Waals surface area contributed by atoms with E-state index in [4.69, 9.17) is 5.11 Å². The van der Waals surface area contributed by atoms with Crippen molar-refractivity contribution >= 4 is 11.7 Å². The van der Waals surface area contributed by atoms with Crippen molar-refractivity contribution in [1.82, 2.24) is 0 Å². The maximum atomic E-state index is 11.1. The van der Waals surface area contributed by atoms with Gasteiger partial charge < -0.3 is 10.0 Å². The molecule has 0 amide bonds. The number of hydrogen-bond donors (Lipinski definition) is 1. The number of rotatable bonds is 5. The van der Waals surface area contributed by atoms with Crippen LogP contribution in [0, 0.1) is 5.41 Å². The third-order valence-electron chi connectivity index (χ3n) is 3.00. The molecule has 0 aliphatic carbocycles. The molecule has 1 aromatic carbocycles. The fourth-order valence-electron chi connectivity index (χ4n) is 1.74. The van der Waals surface area contributed by atoms with Gasteiger partial charge >= 0.3 is 5.97 Å². The molecule has 94 valence electrons. The molecule has 0 radical (unpaired) electrons. The maximum Gasteiger partial charge on any atom is 0.310 e. The lowest BCUT2D eigenvalue weighted by molar-refractivity contribution is -0.146. The van der Waals surface area contributed by atoms with Gasteiger partial charge in [-0.2, -0.15) is 0 Å². The first-order valence-electron chi connectivity index (χ1n) is 5.90. The van der Waals surface area contributed by atoms with E-state index >= 15 is 0 Å². The van der Waals surface area contributed by atoms with Crippen molar-refractivity contribution in [3.05, 3.63) is 29.8 Å². The van der Waals surface area contributed by atoms with Crippen LogP contribution in [0.15, 0.2) is 24.3 Å². The monoisotopic (exact) mass is 235 g/mol. The summed E-state index contributed by atoms with van der Waals surface area (Å²) in [4.78, 5) is 13.0. The lowest BCUT2D eigenvalue weighted by Gasteiger charge is -2.28. The van der Waals surface area contributed by atoms with Crippen LogP contribution in [0.3, 0.4) is 0 Å². The molecule has 0 heterocycles. The highest BCUT2D eigenvalue weighted by atomic mass is 16.4. The number of hydrogen-bond acceptors (Lipinski definition) is 2. The summed E-state index contributed by atoms with van der Waals surface area (Å²) < 4.78 is 0. The Bertz CT molecular complexity index is 382. The number of anilines is 1. The Labute approximate surface area is 103 Å². The zero-order chi connectivity index (χ0) is 13.1. The van der Waals surface area contributed by atoms with Crippen molar-refractivity contribution in [2.45, 2.75) is 27.2 Å². The van der Waals surface area contributed by atoms with E-state index in [0.29, 0.717) is 6.54 Å². The molecule has 0 aliphatic heterocycles. The molecular weight excluding hydrogens is 214 g/mol. The molecule has 1 N–H and O–H groups in total. The Hall–Kier alpha value is -1.51. The summed E-state index contributed by atoms with van der Waals surface area (Å²) in [7, 11) is 1.92. The minimum Gasteiger partial charge on any atom is -0.481 e. The topological polar surface area (TPSA) is 40.5 Å². The molecule has 0 fully saturated rings. The van der Waals surface area contributed by atoms with Gasteiger partial charge in [0.2, 0.25) is 0 Å². The summed E-state index contributed by atoms with van der Waals surface area (Å²) in [6.07, 6.45) is 1.02. The number of carboxylic acids is 1. The molecule has 17 heavy (non-hydrogen) atoms. The molecule has 1 aromatic rings. The first-order valence-corrected chi connectivity index (χ1v) is 5.90. The molecule has 0 saturated heterocycles. The first kappa shape index (κ1) is 13.6. The van der Waals surface area contributed by atoms with E-state index in [1.54, 1.807) is 13.8 Å². The highest BCUT2D eigenvalue weighted by Crippen LogP contribution is 2.21. The predicted octanol–water partition coefficient (Wildman–Crippen LogP) is 2.80. The quantitative estimate of drug-likeness (QED) is 0.853. The zero-order valence-electron chi connectivity index (χ0n) is 11.0. The molecular formula is C14H21NO2. The number of aliphatic carboxylic acids is 1. The number of nitrogens with zero attached hydrogens (tertiary/aromatic N) is 1. The molecule has 3 nitrogen and oxygen atoms in total. The highest BCUT2D eigenvalue weighted by molar-refractivity contribution is 5.74. The van der Waals surface area contributed by atoms with Crippen molar-refractivity contribution in [1.29, 1.82) is 0 Å². The van der Waals surface area contributed by atoms with Crippen LogP contribution < -0.4 is 4.90 Å². The fraction of sp³-hybridized carbons (Fsp3) is 0.500. The molecule has 0 aromatic heterocycles. The standard InChI is InChI=1S/C14H21NO2/c1-5-11-6-8-12(9-7-11)15(4)10-14(2,3)13(16)17/h6-9H,5,10H2,1-4H3,(H,16,17). The average Bonchev–Trinajstić information content (AvgIpc) is 2.28. The summed E-state index contributed by atoms with van der Waals surface area (Å²) in [5.74, 6) is -0.769. The molecule has 0 atom stereocenters. The number of aryl methyl sites for hydroxylation is 1. The number of carbonyl (C=O) groups is 1. The second-order valence-electron chi connectivity index (χ2n) is 5.07. The summed E-state index contributed by atoms with van der Waals surface area (Å²) >= 11 is 0. The van der Waals surface area contributed by atoms with Crippen LogP contribution >= 0.6 is 0 Å². The molecule has 3 heteroatoms. The second kappa shape index (κ2) is 5.21. The average molecular weight is 235 g/mol. The molecule has 0 saturated carbocycles. The molecule has 1 rings (SSSR count). The zero-order valence-corrected chi connectivity index (χ0v) is 11.0. The number of benzene rings is 1. The van der Waals surface area contributed by atoms with Gasteiger partial charge in [0.15, 0.2) is 0 Å². The molecule has 0 bridgehead atoms.